The molecule has 0 saturated carbocycles. The first-order valence-electron chi connectivity index (χ1n) is 12.7. The summed E-state index contributed by atoms with van der Waals surface area (Å²) in [6, 6.07) is 16.8. The van der Waals surface area contributed by atoms with Crippen molar-refractivity contribution in [3.8, 4) is 11.3 Å². The smallest absolute Gasteiger partial charge is 0.255 e. The molecule has 0 atom stereocenters. The number of hydrogen-bond acceptors (Lipinski definition) is 8. The van der Waals surface area contributed by atoms with Crippen LogP contribution in [0.5, 0.6) is 0 Å². The maximum Gasteiger partial charge on any atom is 0.255 e. The van der Waals surface area contributed by atoms with E-state index in [0.29, 0.717) is 16.9 Å². The molecule has 3 aromatic rings. The molecule has 220 valence electrons. The number of para-hydroxylation sites is 2. The number of hydrazine groups is 1. The SMILES string of the molecule is CC(C)(C)ONc1ccccc1NC(=O)c1ccc(-c2ccnc(CCCNN3CCOCC3)n2)cc1.Cl.Cl.Cl. The molecule has 0 radical (unpaired) electrons. The zero-order chi connectivity index (χ0) is 26.1. The molecule has 0 unspecified atom stereocenters. The monoisotopic (exact) mass is 612 g/mol. The molecule has 3 N–H and O–H groups in total. The second-order valence-corrected chi connectivity index (χ2v) is 9.86. The second-order valence-electron chi connectivity index (χ2n) is 9.86. The molecule has 1 aliphatic rings. The predicted molar refractivity (Wildman–Crippen MR) is 167 cm³/mol. The first-order chi connectivity index (χ1) is 17.9. The van der Waals surface area contributed by atoms with E-state index >= 15 is 0 Å². The highest BCUT2D eigenvalue weighted by Crippen LogP contribution is 2.24. The van der Waals surface area contributed by atoms with E-state index in [1.54, 1.807) is 18.3 Å². The average Bonchev–Trinajstić information content (AvgIpc) is 2.91. The number of rotatable bonds is 10. The fraction of sp³-hybridized carbons (Fsp3) is 0.393. The van der Waals surface area contributed by atoms with Crippen molar-refractivity contribution in [3.05, 3.63) is 72.2 Å². The molecule has 1 aromatic heterocycles. The molecule has 1 amide bonds. The van der Waals surface area contributed by atoms with Crippen LogP contribution in [0, 0.1) is 0 Å². The Morgan fingerprint density at radius 3 is 2.33 bits per heavy atom. The zero-order valence-electron chi connectivity index (χ0n) is 23.0. The molecule has 4 rings (SSSR count). The van der Waals surface area contributed by atoms with Crippen molar-refractivity contribution in [2.45, 2.75) is 39.2 Å². The molecule has 2 aromatic carbocycles. The molecule has 1 fully saturated rings. The van der Waals surface area contributed by atoms with Gasteiger partial charge in [0.05, 0.1) is 35.9 Å². The van der Waals surface area contributed by atoms with Gasteiger partial charge in [-0.05, 0) is 57.5 Å². The van der Waals surface area contributed by atoms with Crippen molar-refractivity contribution >= 4 is 54.5 Å². The third-order valence-electron chi connectivity index (χ3n) is 5.71. The third kappa shape index (κ3) is 11.2. The van der Waals surface area contributed by atoms with Crippen LogP contribution in [0.25, 0.3) is 11.3 Å². The highest BCUT2D eigenvalue weighted by atomic mass is 35.5. The van der Waals surface area contributed by atoms with E-state index in [9.17, 15) is 4.79 Å². The third-order valence-corrected chi connectivity index (χ3v) is 5.71. The van der Waals surface area contributed by atoms with Gasteiger partial charge in [0.15, 0.2) is 0 Å². The van der Waals surface area contributed by atoms with Crippen LogP contribution in [0.2, 0.25) is 0 Å². The Hall–Kier alpha value is -2.50. The maximum absolute atomic E-state index is 12.9. The average molecular weight is 614 g/mol. The molecule has 0 spiro atoms. The van der Waals surface area contributed by atoms with Crippen molar-refractivity contribution in [2.75, 3.05) is 43.6 Å². The van der Waals surface area contributed by atoms with E-state index in [0.717, 1.165) is 62.8 Å². The first-order valence-corrected chi connectivity index (χ1v) is 12.7. The molecular weight excluding hydrogens is 575 g/mol. The van der Waals surface area contributed by atoms with Crippen molar-refractivity contribution in [1.29, 1.82) is 0 Å². The summed E-state index contributed by atoms with van der Waals surface area (Å²) in [5, 5.41) is 5.16. The van der Waals surface area contributed by atoms with Gasteiger partial charge in [-0.1, -0.05) is 24.3 Å². The van der Waals surface area contributed by atoms with Gasteiger partial charge >= 0.3 is 0 Å². The molecular formula is C28H39Cl3N6O3. The van der Waals surface area contributed by atoms with E-state index in [1.165, 1.54) is 0 Å². The van der Waals surface area contributed by atoms with E-state index in [-0.39, 0.29) is 48.7 Å². The molecule has 1 saturated heterocycles. The van der Waals surface area contributed by atoms with Gasteiger partial charge in [-0.2, -0.15) is 0 Å². The summed E-state index contributed by atoms with van der Waals surface area (Å²) in [5.41, 5.74) is 9.68. The van der Waals surface area contributed by atoms with Crippen LogP contribution in [-0.4, -0.2) is 59.3 Å². The molecule has 9 nitrogen and oxygen atoms in total. The summed E-state index contributed by atoms with van der Waals surface area (Å²) in [6.07, 6.45) is 3.52. The summed E-state index contributed by atoms with van der Waals surface area (Å²) >= 11 is 0. The maximum atomic E-state index is 12.9. The van der Waals surface area contributed by atoms with Crippen LogP contribution in [0.4, 0.5) is 11.4 Å². The minimum atomic E-state index is -0.367. The van der Waals surface area contributed by atoms with Gasteiger partial charge in [0.1, 0.15) is 5.82 Å². The number of carbonyl (C=O) groups is 1. The van der Waals surface area contributed by atoms with Crippen LogP contribution in [0.1, 0.15) is 43.4 Å². The minimum absolute atomic E-state index is 0. The van der Waals surface area contributed by atoms with Crippen LogP contribution in [0.3, 0.4) is 0 Å². The lowest BCUT2D eigenvalue weighted by Gasteiger charge is -2.27. The number of morpholine rings is 1. The zero-order valence-corrected chi connectivity index (χ0v) is 25.5. The second kappa shape index (κ2) is 17.3. The summed E-state index contributed by atoms with van der Waals surface area (Å²) in [7, 11) is 0. The highest BCUT2D eigenvalue weighted by molar-refractivity contribution is 6.06. The van der Waals surface area contributed by atoms with E-state index in [4.69, 9.17) is 14.6 Å². The van der Waals surface area contributed by atoms with E-state index < -0.39 is 0 Å². The van der Waals surface area contributed by atoms with Gasteiger partial charge in [-0.25, -0.2) is 15.0 Å². The number of ether oxygens (including phenoxy) is 1. The molecule has 12 heteroatoms. The number of carbonyl (C=O) groups excluding carboxylic acids is 1. The molecule has 0 bridgehead atoms. The summed E-state index contributed by atoms with van der Waals surface area (Å²) in [6.45, 7) is 10.1. The largest absolute Gasteiger partial charge is 0.379 e. The van der Waals surface area contributed by atoms with Crippen molar-refractivity contribution in [2.24, 2.45) is 0 Å². The lowest BCUT2D eigenvalue weighted by molar-refractivity contribution is 0.0119. The number of benzene rings is 2. The van der Waals surface area contributed by atoms with Gasteiger partial charge in [-0.3, -0.25) is 20.5 Å². The van der Waals surface area contributed by atoms with E-state index in [1.807, 2.05) is 63.2 Å². The Morgan fingerprint density at radius 2 is 1.65 bits per heavy atom. The predicted octanol–water partition coefficient (Wildman–Crippen LogP) is 5.57. The minimum Gasteiger partial charge on any atom is -0.379 e. The van der Waals surface area contributed by atoms with Crippen LogP contribution >= 0.6 is 37.2 Å². The summed E-state index contributed by atoms with van der Waals surface area (Å²) < 4.78 is 5.37. The summed E-state index contributed by atoms with van der Waals surface area (Å²) in [4.78, 5) is 27.7. The standard InChI is InChI=1S/C28H36N6O3.3ClH/c1-28(2,3)37-33-25-8-5-4-7-24(25)32-27(35)22-12-10-21(11-13-22)23-14-16-29-26(31-23)9-6-15-30-34-17-19-36-20-18-34;;;/h4-5,7-8,10-14,16,30,33H,6,9,15,17-20H2,1-3H3,(H,32,35);3*1H. The van der Waals surface area contributed by atoms with Gasteiger partial charge in [0.2, 0.25) is 0 Å². The quantitative estimate of drug-likeness (QED) is 0.202. The fourth-order valence-corrected chi connectivity index (χ4v) is 3.76. The van der Waals surface area contributed by atoms with Crippen LogP contribution in [0.15, 0.2) is 60.8 Å². The van der Waals surface area contributed by atoms with Gasteiger partial charge < -0.3 is 10.1 Å². The number of halogens is 3. The Balaban J connectivity index is 0.00000267. The number of nitrogens with one attached hydrogen (secondary N) is 3. The topological polar surface area (TPSA) is 101 Å². The van der Waals surface area contributed by atoms with Crippen LogP contribution in [-0.2, 0) is 16.0 Å². The lowest BCUT2D eigenvalue weighted by Crippen LogP contribution is -2.46. The molecule has 1 aliphatic heterocycles. The van der Waals surface area contributed by atoms with Crippen molar-refractivity contribution in [1.82, 2.24) is 20.4 Å². The van der Waals surface area contributed by atoms with E-state index in [2.05, 4.69) is 26.2 Å². The van der Waals surface area contributed by atoms with Crippen molar-refractivity contribution < 1.29 is 14.4 Å². The normalized spacial score (nSPS) is 13.3. The van der Waals surface area contributed by atoms with Crippen molar-refractivity contribution in [3.63, 3.8) is 0 Å². The number of anilines is 2. The number of hydrogen-bond donors (Lipinski definition) is 3. The number of amides is 1. The number of aryl methyl sites for hydroxylation is 1. The Morgan fingerprint density at radius 1 is 0.975 bits per heavy atom. The Labute approximate surface area is 255 Å². The summed E-state index contributed by atoms with van der Waals surface area (Å²) in [5.74, 6) is 0.609. The molecule has 2 heterocycles. The fourth-order valence-electron chi connectivity index (χ4n) is 3.76. The van der Waals surface area contributed by atoms with Crippen LogP contribution < -0.4 is 16.2 Å². The first kappa shape index (κ1) is 35.5. The van der Waals surface area contributed by atoms with Gasteiger partial charge in [0, 0.05) is 43.4 Å². The lowest BCUT2D eigenvalue weighted by atomic mass is 10.1. The van der Waals surface area contributed by atoms with Gasteiger partial charge in [-0.15, -0.1) is 37.2 Å². The Kier molecular flexibility index (Phi) is 15.4. The number of aromatic nitrogens is 2. The molecule has 0 aliphatic carbocycles. The Bertz CT molecular complexity index is 1170. The molecule has 40 heavy (non-hydrogen) atoms. The van der Waals surface area contributed by atoms with Gasteiger partial charge in [0.25, 0.3) is 5.91 Å². The number of nitrogens with zero attached hydrogens (tertiary/aromatic N) is 3. The highest BCUT2D eigenvalue weighted by Gasteiger charge is 2.14.